The minimum atomic E-state index is -0.696. The molecule has 1 aliphatic carbocycles. The van der Waals surface area contributed by atoms with Crippen LogP contribution < -0.4 is 5.32 Å². The van der Waals surface area contributed by atoms with Crippen molar-refractivity contribution in [1.29, 1.82) is 0 Å². The second kappa shape index (κ2) is 3.28. The molecular formula is C10H11N3O4. The number of rotatable bonds is 1. The monoisotopic (exact) mass is 237 g/mol. The standard InChI is InChI=1S/C10H11N3O4/c14-7-4-12(10(17)11-7)13-8(15)5-1-2-6(3-5)9(13)16/h5-6H,1-4H2,(H,11,14,17). The average Bonchev–Trinajstić information content (AvgIpc) is 2.83. The zero-order chi connectivity index (χ0) is 12.2. The summed E-state index contributed by atoms with van der Waals surface area (Å²) >= 11 is 0. The quantitative estimate of drug-likeness (QED) is 0.479. The molecule has 90 valence electrons. The number of hydrazine groups is 1. The van der Waals surface area contributed by atoms with Crippen molar-refractivity contribution in [2.45, 2.75) is 19.3 Å². The average molecular weight is 237 g/mol. The highest BCUT2D eigenvalue weighted by molar-refractivity contribution is 6.07. The summed E-state index contributed by atoms with van der Waals surface area (Å²) in [6.45, 7) is -0.254. The van der Waals surface area contributed by atoms with E-state index in [0.717, 1.165) is 10.0 Å². The van der Waals surface area contributed by atoms with E-state index in [1.807, 2.05) is 0 Å². The minimum absolute atomic E-state index is 0.179. The lowest BCUT2D eigenvalue weighted by Gasteiger charge is -2.34. The number of nitrogens with one attached hydrogen (secondary N) is 1. The lowest BCUT2D eigenvalue weighted by atomic mass is 9.98. The first-order chi connectivity index (χ1) is 8.08. The van der Waals surface area contributed by atoms with Crippen LogP contribution in [0.3, 0.4) is 0 Å². The summed E-state index contributed by atoms with van der Waals surface area (Å²) in [5, 5.41) is 3.84. The van der Waals surface area contributed by atoms with E-state index in [2.05, 4.69) is 5.32 Å². The number of hydrogen-bond acceptors (Lipinski definition) is 4. The van der Waals surface area contributed by atoms with Gasteiger partial charge >= 0.3 is 6.03 Å². The Bertz CT molecular complexity index is 425. The van der Waals surface area contributed by atoms with Gasteiger partial charge in [-0.05, 0) is 19.3 Å². The predicted molar refractivity (Wildman–Crippen MR) is 52.9 cm³/mol. The summed E-state index contributed by atoms with van der Waals surface area (Å²) in [7, 11) is 0. The minimum Gasteiger partial charge on any atom is -0.275 e. The lowest BCUT2D eigenvalue weighted by Crippen LogP contribution is -2.56. The normalized spacial score (nSPS) is 32.5. The van der Waals surface area contributed by atoms with Gasteiger partial charge in [0.15, 0.2) is 0 Å². The summed E-state index contributed by atoms with van der Waals surface area (Å²) in [6, 6.07) is -0.696. The van der Waals surface area contributed by atoms with E-state index in [0.29, 0.717) is 19.3 Å². The first-order valence-corrected chi connectivity index (χ1v) is 5.57. The third kappa shape index (κ3) is 1.35. The molecule has 2 heterocycles. The lowest BCUT2D eigenvalue weighted by molar-refractivity contribution is -0.167. The molecule has 2 unspecified atom stereocenters. The summed E-state index contributed by atoms with van der Waals surface area (Å²) in [4.78, 5) is 46.5. The molecule has 3 aliphatic rings. The first-order valence-electron chi connectivity index (χ1n) is 5.57. The van der Waals surface area contributed by atoms with Gasteiger partial charge in [0.2, 0.25) is 5.91 Å². The fourth-order valence-corrected chi connectivity index (χ4v) is 2.72. The molecule has 7 heteroatoms. The predicted octanol–water partition coefficient (Wildman–Crippen LogP) is -0.762. The largest absolute Gasteiger partial charge is 0.343 e. The van der Waals surface area contributed by atoms with Crippen molar-refractivity contribution in [2.75, 3.05) is 6.54 Å². The van der Waals surface area contributed by atoms with Crippen LogP contribution in [-0.2, 0) is 14.4 Å². The second-order valence-electron chi connectivity index (χ2n) is 4.61. The fraction of sp³-hybridized carbons (Fsp3) is 0.600. The van der Waals surface area contributed by atoms with Gasteiger partial charge in [0.1, 0.15) is 6.54 Å². The van der Waals surface area contributed by atoms with Crippen LogP contribution in [0.5, 0.6) is 0 Å². The zero-order valence-corrected chi connectivity index (χ0v) is 9.01. The highest BCUT2D eigenvalue weighted by atomic mass is 16.2. The topological polar surface area (TPSA) is 86.8 Å². The van der Waals surface area contributed by atoms with Gasteiger partial charge in [-0.3, -0.25) is 19.7 Å². The third-order valence-corrected chi connectivity index (χ3v) is 3.56. The molecule has 0 spiro atoms. The smallest absolute Gasteiger partial charge is 0.275 e. The molecule has 7 nitrogen and oxygen atoms in total. The highest BCUT2D eigenvalue weighted by Crippen LogP contribution is 2.38. The van der Waals surface area contributed by atoms with Crippen LogP contribution in [0.25, 0.3) is 0 Å². The molecule has 0 aromatic carbocycles. The molecule has 2 bridgehead atoms. The molecule has 5 amide bonds. The maximum Gasteiger partial charge on any atom is 0.343 e. The number of carbonyl (C=O) groups excluding carboxylic acids is 4. The summed E-state index contributed by atoms with van der Waals surface area (Å²) in [6.07, 6.45) is 1.96. The van der Waals surface area contributed by atoms with E-state index in [-0.39, 0.29) is 30.2 Å². The van der Waals surface area contributed by atoms with Gasteiger partial charge in [-0.1, -0.05) is 0 Å². The maximum absolute atomic E-state index is 12.0. The Morgan fingerprint density at radius 3 is 2.06 bits per heavy atom. The molecule has 17 heavy (non-hydrogen) atoms. The Labute approximate surface area is 96.7 Å². The number of carbonyl (C=O) groups is 4. The van der Waals surface area contributed by atoms with Crippen LogP contribution in [-0.4, -0.2) is 40.3 Å². The van der Waals surface area contributed by atoms with E-state index < -0.39 is 11.9 Å². The number of fused-ring (bicyclic) bond motifs is 2. The Hall–Kier alpha value is -1.92. The van der Waals surface area contributed by atoms with Gasteiger partial charge in [0.05, 0.1) is 0 Å². The van der Waals surface area contributed by atoms with Crippen molar-refractivity contribution in [1.82, 2.24) is 15.3 Å². The van der Waals surface area contributed by atoms with Crippen LogP contribution >= 0.6 is 0 Å². The van der Waals surface area contributed by atoms with E-state index >= 15 is 0 Å². The second-order valence-corrected chi connectivity index (χ2v) is 4.61. The van der Waals surface area contributed by atoms with Gasteiger partial charge in [-0.2, -0.15) is 5.01 Å². The van der Waals surface area contributed by atoms with Crippen LogP contribution in [0.2, 0.25) is 0 Å². The molecule has 2 saturated heterocycles. The summed E-state index contributed by atoms with van der Waals surface area (Å²) in [5.41, 5.74) is 0. The molecule has 3 fully saturated rings. The zero-order valence-electron chi connectivity index (χ0n) is 9.01. The number of nitrogens with zero attached hydrogens (tertiary/aromatic N) is 2. The Morgan fingerprint density at radius 2 is 1.59 bits per heavy atom. The van der Waals surface area contributed by atoms with Crippen molar-refractivity contribution in [2.24, 2.45) is 11.8 Å². The van der Waals surface area contributed by atoms with Gasteiger partial charge in [-0.25, -0.2) is 9.80 Å². The van der Waals surface area contributed by atoms with Crippen LogP contribution in [0.4, 0.5) is 4.79 Å². The number of amides is 5. The van der Waals surface area contributed by atoms with Crippen LogP contribution in [0.1, 0.15) is 19.3 Å². The van der Waals surface area contributed by atoms with Gasteiger partial charge in [-0.15, -0.1) is 0 Å². The fourth-order valence-electron chi connectivity index (χ4n) is 2.72. The molecule has 0 radical (unpaired) electrons. The van der Waals surface area contributed by atoms with Crippen LogP contribution in [0, 0.1) is 11.8 Å². The molecule has 3 rings (SSSR count). The molecule has 2 aliphatic heterocycles. The molecule has 0 aromatic heterocycles. The Balaban J connectivity index is 1.92. The van der Waals surface area contributed by atoms with E-state index in [4.69, 9.17) is 0 Å². The molecule has 1 saturated carbocycles. The van der Waals surface area contributed by atoms with E-state index in [1.54, 1.807) is 0 Å². The van der Waals surface area contributed by atoms with Gasteiger partial charge < -0.3 is 0 Å². The van der Waals surface area contributed by atoms with Crippen molar-refractivity contribution in [3.63, 3.8) is 0 Å². The molecule has 1 N–H and O–H groups in total. The van der Waals surface area contributed by atoms with Crippen LogP contribution in [0.15, 0.2) is 0 Å². The van der Waals surface area contributed by atoms with Gasteiger partial charge in [0.25, 0.3) is 11.8 Å². The first kappa shape index (κ1) is 10.2. The van der Waals surface area contributed by atoms with Gasteiger partial charge in [0, 0.05) is 11.8 Å². The Kier molecular flexibility index (Phi) is 1.98. The summed E-state index contributed by atoms with van der Waals surface area (Å²) < 4.78 is 0. The molecular weight excluding hydrogens is 226 g/mol. The number of hydrogen-bond donors (Lipinski definition) is 1. The number of piperidine rings is 1. The number of imide groups is 2. The highest BCUT2D eigenvalue weighted by Gasteiger charge is 2.50. The van der Waals surface area contributed by atoms with Crippen molar-refractivity contribution in [3.05, 3.63) is 0 Å². The Morgan fingerprint density at radius 1 is 1.00 bits per heavy atom. The van der Waals surface area contributed by atoms with E-state index in [1.165, 1.54) is 0 Å². The molecule has 2 atom stereocenters. The number of urea groups is 1. The van der Waals surface area contributed by atoms with Crippen molar-refractivity contribution >= 4 is 23.8 Å². The molecule has 0 aromatic rings. The third-order valence-electron chi connectivity index (χ3n) is 3.56. The SMILES string of the molecule is O=C1CN(N2C(=O)C3CCC(C3)C2=O)C(=O)N1. The van der Waals surface area contributed by atoms with Crippen molar-refractivity contribution < 1.29 is 19.2 Å². The maximum atomic E-state index is 12.0. The van der Waals surface area contributed by atoms with Crippen molar-refractivity contribution in [3.8, 4) is 0 Å². The van der Waals surface area contributed by atoms with E-state index in [9.17, 15) is 19.2 Å². The summed E-state index contributed by atoms with van der Waals surface area (Å²) in [5.74, 6) is -1.56.